The monoisotopic (exact) mass is 294 g/mol. The van der Waals surface area contributed by atoms with Crippen molar-refractivity contribution in [3.8, 4) is 22.8 Å². The SMILES string of the molecule is c1cc(-c2noc(-c3cncnc3NCC3CC3)n2)ccn1. The Bertz CT molecular complexity index is 768. The molecule has 7 nitrogen and oxygen atoms in total. The van der Waals surface area contributed by atoms with Gasteiger partial charge in [0.1, 0.15) is 17.7 Å². The van der Waals surface area contributed by atoms with Crippen molar-refractivity contribution in [2.45, 2.75) is 12.8 Å². The van der Waals surface area contributed by atoms with Crippen molar-refractivity contribution in [3.05, 3.63) is 37.1 Å². The van der Waals surface area contributed by atoms with E-state index in [2.05, 4.69) is 30.4 Å². The van der Waals surface area contributed by atoms with Gasteiger partial charge in [-0.1, -0.05) is 5.16 Å². The molecule has 0 amide bonds. The van der Waals surface area contributed by atoms with Crippen LogP contribution in [0.2, 0.25) is 0 Å². The molecule has 3 heterocycles. The Morgan fingerprint density at radius 2 is 2.05 bits per heavy atom. The van der Waals surface area contributed by atoms with E-state index in [-0.39, 0.29) is 0 Å². The van der Waals surface area contributed by atoms with Crippen LogP contribution in [0.25, 0.3) is 22.8 Å². The van der Waals surface area contributed by atoms with Crippen LogP contribution in [0.1, 0.15) is 12.8 Å². The van der Waals surface area contributed by atoms with E-state index in [1.165, 1.54) is 19.2 Å². The zero-order valence-corrected chi connectivity index (χ0v) is 11.8. The number of anilines is 1. The van der Waals surface area contributed by atoms with Crippen LogP contribution in [0.15, 0.2) is 41.6 Å². The summed E-state index contributed by atoms with van der Waals surface area (Å²) in [6.07, 6.45) is 9.14. The smallest absolute Gasteiger partial charge is 0.263 e. The van der Waals surface area contributed by atoms with Crippen molar-refractivity contribution < 1.29 is 4.52 Å². The first-order valence-electron chi connectivity index (χ1n) is 7.18. The number of pyridine rings is 1. The first-order valence-corrected chi connectivity index (χ1v) is 7.18. The molecular weight excluding hydrogens is 280 g/mol. The molecule has 0 atom stereocenters. The molecule has 110 valence electrons. The molecule has 1 fully saturated rings. The minimum atomic E-state index is 0.408. The summed E-state index contributed by atoms with van der Waals surface area (Å²) < 4.78 is 5.37. The molecule has 4 rings (SSSR count). The predicted octanol–water partition coefficient (Wildman–Crippen LogP) is 2.41. The van der Waals surface area contributed by atoms with Gasteiger partial charge in [-0.2, -0.15) is 4.98 Å². The fourth-order valence-electron chi connectivity index (χ4n) is 2.14. The third kappa shape index (κ3) is 2.65. The molecule has 3 aromatic heterocycles. The Morgan fingerprint density at radius 1 is 1.18 bits per heavy atom. The zero-order valence-electron chi connectivity index (χ0n) is 11.8. The van der Waals surface area contributed by atoms with Crippen LogP contribution in [0.3, 0.4) is 0 Å². The van der Waals surface area contributed by atoms with Crippen LogP contribution in [0.5, 0.6) is 0 Å². The maximum absolute atomic E-state index is 5.37. The molecule has 0 spiro atoms. The molecule has 3 aromatic rings. The second-order valence-corrected chi connectivity index (χ2v) is 5.27. The van der Waals surface area contributed by atoms with E-state index in [0.717, 1.165) is 29.4 Å². The lowest BCUT2D eigenvalue weighted by Crippen LogP contribution is -2.06. The van der Waals surface area contributed by atoms with Gasteiger partial charge in [-0.05, 0) is 30.9 Å². The van der Waals surface area contributed by atoms with Gasteiger partial charge in [0.25, 0.3) is 5.89 Å². The van der Waals surface area contributed by atoms with Crippen molar-refractivity contribution in [1.29, 1.82) is 0 Å². The van der Waals surface area contributed by atoms with Crippen molar-refractivity contribution >= 4 is 5.82 Å². The summed E-state index contributed by atoms with van der Waals surface area (Å²) in [7, 11) is 0. The number of nitrogens with one attached hydrogen (secondary N) is 1. The summed E-state index contributed by atoms with van der Waals surface area (Å²) in [5.74, 6) is 2.41. The van der Waals surface area contributed by atoms with Gasteiger partial charge in [0.15, 0.2) is 0 Å². The molecule has 0 unspecified atom stereocenters. The summed E-state index contributed by atoms with van der Waals surface area (Å²) in [6.45, 7) is 0.912. The molecule has 22 heavy (non-hydrogen) atoms. The molecule has 1 aliphatic carbocycles. The lowest BCUT2D eigenvalue weighted by molar-refractivity contribution is 0.432. The molecule has 0 radical (unpaired) electrons. The highest BCUT2D eigenvalue weighted by Gasteiger charge is 2.22. The molecule has 0 aromatic carbocycles. The second-order valence-electron chi connectivity index (χ2n) is 5.27. The van der Waals surface area contributed by atoms with Crippen LogP contribution in [0, 0.1) is 5.92 Å². The molecule has 0 saturated heterocycles. The van der Waals surface area contributed by atoms with Crippen LogP contribution in [-0.2, 0) is 0 Å². The first kappa shape index (κ1) is 12.9. The van der Waals surface area contributed by atoms with Gasteiger partial charge in [0.05, 0.1) is 0 Å². The van der Waals surface area contributed by atoms with Gasteiger partial charge >= 0.3 is 0 Å². The van der Waals surface area contributed by atoms with Gasteiger partial charge in [0, 0.05) is 30.7 Å². The highest BCUT2D eigenvalue weighted by molar-refractivity contribution is 5.69. The lowest BCUT2D eigenvalue weighted by atomic mass is 10.2. The van der Waals surface area contributed by atoms with Crippen molar-refractivity contribution in [1.82, 2.24) is 25.1 Å². The Kier molecular flexibility index (Phi) is 3.23. The van der Waals surface area contributed by atoms with Gasteiger partial charge < -0.3 is 9.84 Å². The maximum Gasteiger partial charge on any atom is 0.263 e. The molecular formula is C15H14N6O. The van der Waals surface area contributed by atoms with Crippen molar-refractivity contribution in [3.63, 3.8) is 0 Å². The van der Waals surface area contributed by atoms with Crippen molar-refractivity contribution in [2.75, 3.05) is 11.9 Å². The molecule has 1 saturated carbocycles. The topological polar surface area (TPSA) is 89.6 Å². The Balaban J connectivity index is 1.63. The quantitative estimate of drug-likeness (QED) is 0.772. The Morgan fingerprint density at radius 3 is 2.86 bits per heavy atom. The largest absolute Gasteiger partial charge is 0.369 e. The molecule has 1 N–H and O–H groups in total. The van der Waals surface area contributed by atoms with Gasteiger partial charge in [-0.15, -0.1) is 0 Å². The zero-order chi connectivity index (χ0) is 14.8. The lowest BCUT2D eigenvalue weighted by Gasteiger charge is -2.06. The number of hydrogen-bond acceptors (Lipinski definition) is 7. The summed E-state index contributed by atoms with van der Waals surface area (Å²) in [5.41, 5.74) is 1.57. The van der Waals surface area contributed by atoms with E-state index in [0.29, 0.717) is 11.7 Å². The fourth-order valence-corrected chi connectivity index (χ4v) is 2.14. The third-order valence-electron chi connectivity index (χ3n) is 3.56. The van der Waals surface area contributed by atoms with E-state index in [1.54, 1.807) is 18.6 Å². The second kappa shape index (κ2) is 5.51. The highest BCUT2D eigenvalue weighted by Crippen LogP contribution is 2.31. The molecule has 0 aliphatic heterocycles. The predicted molar refractivity (Wildman–Crippen MR) is 79.8 cm³/mol. The van der Waals surface area contributed by atoms with Crippen LogP contribution in [0.4, 0.5) is 5.82 Å². The standard InChI is InChI=1S/C15H14N6O/c1-2-10(1)7-18-14-12(8-17-9-19-14)15-20-13(21-22-15)11-3-5-16-6-4-11/h3-6,8-10H,1-2,7H2,(H,17,18,19). The van der Waals surface area contributed by atoms with Gasteiger partial charge in [-0.25, -0.2) is 9.97 Å². The minimum Gasteiger partial charge on any atom is -0.369 e. The number of rotatable bonds is 5. The van der Waals surface area contributed by atoms with E-state index >= 15 is 0 Å². The maximum atomic E-state index is 5.37. The van der Waals surface area contributed by atoms with Gasteiger partial charge in [0.2, 0.25) is 5.82 Å². The normalized spacial score (nSPS) is 14.0. The molecule has 0 bridgehead atoms. The first-order chi connectivity index (χ1) is 10.9. The molecule has 1 aliphatic rings. The summed E-state index contributed by atoms with van der Waals surface area (Å²) in [6, 6.07) is 3.67. The average molecular weight is 294 g/mol. The minimum absolute atomic E-state index is 0.408. The van der Waals surface area contributed by atoms with Crippen molar-refractivity contribution in [2.24, 2.45) is 5.92 Å². The summed E-state index contributed by atoms with van der Waals surface area (Å²) in [5, 5.41) is 7.35. The Labute approximate surface area is 126 Å². The third-order valence-corrected chi connectivity index (χ3v) is 3.56. The summed E-state index contributed by atoms with van der Waals surface area (Å²) in [4.78, 5) is 16.7. The average Bonchev–Trinajstić information content (AvgIpc) is 3.28. The van der Waals surface area contributed by atoms with Crippen LogP contribution in [-0.4, -0.2) is 31.6 Å². The van der Waals surface area contributed by atoms with Crippen LogP contribution < -0.4 is 5.32 Å². The van der Waals surface area contributed by atoms with E-state index < -0.39 is 0 Å². The number of nitrogens with zero attached hydrogens (tertiary/aromatic N) is 5. The highest BCUT2D eigenvalue weighted by atomic mass is 16.5. The summed E-state index contributed by atoms with van der Waals surface area (Å²) >= 11 is 0. The van der Waals surface area contributed by atoms with Crippen LogP contribution >= 0.6 is 0 Å². The Hall–Kier alpha value is -2.83. The number of hydrogen-bond donors (Lipinski definition) is 1. The molecule has 7 heteroatoms. The van der Waals surface area contributed by atoms with E-state index in [9.17, 15) is 0 Å². The van der Waals surface area contributed by atoms with E-state index in [1.807, 2.05) is 12.1 Å². The van der Waals surface area contributed by atoms with Gasteiger partial charge in [-0.3, -0.25) is 4.98 Å². The number of aromatic nitrogens is 5. The fraction of sp³-hybridized carbons (Fsp3) is 0.267. The van der Waals surface area contributed by atoms with E-state index in [4.69, 9.17) is 4.52 Å².